The fourth-order valence-corrected chi connectivity index (χ4v) is 2.04. The molecule has 3 nitrogen and oxygen atoms in total. The number of aromatic nitrogens is 2. The molecule has 3 rings (SSSR count). The molecule has 0 bridgehead atoms. The first kappa shape index (κ1) is 12.5. The van der Waals surface area contributed by atoms with Crippen molar-refractivity contribution >= 4 is 0 Å². The molecule has 100 valence electrons. The summed E-state index contributed by atoms with van der Waals surface area (Å²) < 4.78 is 7.82. The molecule has 1 heterocycles. The zero-order valence-corrected chi connectivity index (χ0v) is 11.4. The van der Waals surface area contributed by atoms with E-state index in [9.17, 15) is 0 Å². The maximum Gasteiger partial charge on any atom is 0.121 e. The third kappa shape index (κ3) is 2.88. The van der Waals surface area contributed by atoms with Crippen molar-refractivity contribution in [2.75, 3.05) is 0 Å². The maximum absolute atomic E-state index is 5.83. The molecule has 0 aliphatic heterocycles. The highest BCUT2D eigenvalue weighted by atomic mass is 16.5. The van der Waals surface area contributed by atoms with Crippen LogP contribution < -0.4 is 4.74 Å². The van der Waals surface area contributed by atoms with Gasteiger partial charge in [-0.15, -0.1) is 0 Å². The summed E-state index contributed by atoms with van der Waals surface area (Å²) in [6.07, 6.45) is 3.81. The molecule has 0 aliphatic rings. The Bertz CT molecular complexity index is 689. The highest BCUT2D eigenvalue weighted by Crippen LogP contribution is 2.18. The fourth-order valence-electron chi connectivity index (χ4n) is 2.04. The Kier molecular flexibility index (Phi) is 3.50. The Labute approximate surface area is 118 Å². The summed E-state index contributed by atoms with van der Waals surface area (Å²) in [5, 5.41) is 0. The summed E-state index contributed by atoms with van der Waals surface area (Å²) >= 11 is 0. The smallest absolute Gasteiger partial charge is 0.121 e. The average Bonchev–Trinajstić information content (AvgIpc) is 2.93. The molecule has 0 atom stereocenters. The lowest BCUT2D eigenvalue weighted by molar-refractivity contribution is 0.306. The van der Waals surface area contributed by atoms with Gasteiger partial charge < -0.3 is 9.30 Å². The lowest BCUT2D eigenvalue weighted by Gasteiger charge is -2.08. The van der Waals surface area contributed by atoms with Crippen LogP contribution >= 0.6 is 0 Å². The van der Waals surface area contributed by atoms with E-state index in [1.807, 2.05) is 66.5 Å². The average molecular weight is 264 g/mol. The second-order valence-electron chi connectivity index (χ2n) is 4.69. The third-order valence-corrected chi connectivity index (χ3v) is 3.08. The number of nitrogens with zero attached hydrogens (tertiary/aromatic N) is 2. The summed E-state index contributed by atoms with van der Waals surface area (Å²) in [6.45, 7) is 2.56. The molecular weight excluding hydrogens is 248 g/mol. The standard InChI is InChI=1S/C17H16N2O/c1-14-11-19(13-18-14)16-8-5-9-17(10-16)20-12-15-6-3-2-4-7-15/h2-11,13H,12H2,1H3. The van der Waals surface area contributed by atoms with E-state index in [4.69, 9.17) is 4.74 Å². The highest BCUT2D eigenvalue weighted by Gasteiger charge is 2.01. The van der Waals surface area contributed by atoms with Gasteiger partial charge in [-0.1, -0.05) is 36.4 Å². The molecule has 0 aliphatic carbocycles. The zero-order chi connectivity index (χ0) is 13.8. The summed E-state index contributed by atoms with van der Waals surface area (Å²) in [5.74, 6) is 0.859. The molecular formula is C17H16N2O. The molecule has 0 spiro atoms. The number of hydrogen-bond donors (Lipinski definition) is 0. The second kappa shape index (κ2) is 5.61. The lowest BCUT2D eigenvalue weighted by atomic mass is 10.2. The van der Waals surface area contributed by atoms with Crippen LogP contribution in [0.4, 0.5) is 0 Å². The quantitative estimate of drug-likeness (QED) is 0.717. The highest BCUT2D eigenvalue weighted by molar-refractivity contribution is 5.39. The summed E-state index contributed by atoms with van der Waals surface area (Å²) in [4.78, 5) is 4.24. The normalized spacial score (nSPS) is 10.4. The molecule has 0 amide bonds. The van der Waals surface area contributed by atoms with E-state index in [1.54, 1.807) is 0 Å². The number of rotatable bonds is 4. The topological polar surface area (TPSA) is 27.1 Å². The zero-order valence-electron chi connectivity index (χ0n) is 11.4. The van der Waals surface area contributed by atoms with Crippen LogP contribution in [0.1, 0.15) is 11.3 Å². The Hall–Kier alpha value is -2.55. The van der Waals surface area contributed by atoms with E-state index < -0.39 is 0 Å². The number of ether oxygens (including phenoxy) is 1. The van der Waals surface area contributed by atoms with Crippen molar-refractivity contribution in [2.45, 2.75) is 13.5 Å². The number of imidazole rings is 1. The van der Waals surface area contributed by atoms with Crippen LogP contribution in [0.3, 0.4) is 0 Å². The van der Waals surface area contributed by atoms with Crippen molar-refractivity contribution in [3.05, 3.63) is 78.4 Å². The Morgan fingerprint density at radius 3 is 2.65 bits per heavy atom. The van der Waals surface area contributed by atoms with Crippen LogP contribution in [0, 0.1) is 6.92 Å². The van der Waals surface area contributed by atoms with Gasteiger partial charge in [-0.05, 0) is 24.6 Å². The monoisotopic (exact) mass is 264 g/mol. The molecule has 20 heavy (non-hydrogen) atoms. The molecule has 3 aromatic rings. The molecule has 0 saturated heterocycles. The molecule has 0 radical (unpaired) electrons. The predicted octanol–water partition coefficient (Wildman–Crippen LogP) is 3.76. The van der Waals surface area contributed by atoms with Crippen molar-refractivity contribution in [3.8, 4) is 11.4 Å². The molecule has 0 N–H and O–H groups in total. The van der Waals surface area contributed by atoms with Crippen LogP contribution in [-0.2, 0) is 6.61 Å². The van der Waals surface area contributed by atoms with Gasteiger partial charge in [0.15, 0.2) is 0 Å². The number of aryl methyl sites for hydroxylation is 1. The predicted molar refractivity (Wildman–Crippen MR) is 79.1 cm³/mol. The SMILES string of the molecule is Cc1cn(-c2cccc(OCc3ccccc3)c2)cn1. The second-order valence-corrected chi connectivity index (χ2v) is 4.69. The van der Waals surface area contributed by atoms with Crippen LogP contribution in [0.25, 0.3) is 5.69 Å². The van der Waals surface area contributed by atoms with Gasteiger partial charge in [-0.25, -0.2) is 4.98 Å². The van der Waals surface area contributed by atoms with Crippen molar-refractivity contribution in [1.82, 2.24) is 9.55 Å². The first-order chi connectivity index (χ1) is 9.81. The molecule has 0 unspecified atom stereocenters. The Morgan fingerprint density at radius 1 is 1.05 bits per heavy atom. The molecule has 2 aromatic carbocycles. The Balaban J connectivity index is 1.75. The minimum Gasteiger partial charge on any atom is -0.489 e. The van der Waals surface area contributed by atoms with Gasteiger partial charge in [-0.3, -0.25) is 0 Å². The largest absolute Gasteiger partial charge is 0.489 e. The molecule has 0 fully saturated rings. The number of hydrogen-bond acceptors (Lipinski definition) is 2. The molecule has 1 aromatic heterocycles. The van der Waals surface area contributed by atoms with E-state index in [0.717, 1.165) is 22.7 Å². The molecule has 3 heteroatoms. The number of benzene rings is 2. The van der Waals surface area contributed by atoms with E-state index >= 15 is 0 Å². The minimum atomic E-state index is 0.577. The van der Waals surface area contributed by atoms with Gasteiger partial charge in [0.2, 0.25) is 0 Å². The molecule has 0 saturated carbocycles. The van der Waals surface area contributed by atoms with Crippen molar-refractivity contribution in [1.29, 1.82) is 0 Å². The van der Waals surface area contributed by atoms with Gasteiger partial charge in [0, 0.05) is 12.3 Å². The summed E-state index contributed by atoms with van der Waals surface area (Å²) in [7, 11) is 0. The van der Waals surface area contributed by atoms with E-state index in [2.05, 4.69) is 17.1 Å². The fraction of sp³-hybridized carbons (Fsp3) is 0.118. The van der Waals surface area contributed by atoms with Gasteiger partial charge in [0.05, 0.1) is 17.7 Å². The van der Waals surface area contributed by atoms with Crippen LogP contribution in [0.2, 0.25) is 0 Å². The third-order valence-electron chi connectivity index (χ3n) is 3.08. The minimum absolute atomic E-state index is 0.577. The van der Waals surface area contributed by atoms with Gasteiger partial charge in [0.1, 0.15) is 12.4 Å². The Morgan fingerprint density at radius 2 is 1.90 bits per heavy atom. The van der Waals surface area contributed by atoms with E-state index in [1.165, 1.54) is 0 Å². The van der Waals surface area contributed by atoms with Gasteiger partial charge >= 0.3 is 0 Å². The summed E-state index contributed by atoms with van der Waals surface area (Å²) in [6, 6.07) is 18.2. The lowest BCUT2D eigenvalue weighted by Crippen LogP contribution is -1.96. The van der Waals surface area contributed by atoms with Gasteiger partial charge in [-0.2, -0.15) is 0 Å². The van der Waals surface area contributed by atoms with E-state index in [-0.39, 0.29) is 0 Å². The maximum atomic E-state index is 5.83. The van der Waals surface area contributed by atoms with Crippen molar-refractivity contribution in [3.63, 3.8) is 0 Å². The van der Waals surface area contributed by atoms with Crippen LogP contribution in [-0.4, -0.2) is 9.55 Å². The van der Waals surface area contributed by atoms with Crippen LogP contribution in [0.15, 0.2) is 67.1 Å². The van der Waals surface area contributed by atoms with Gasteiger partial charge in [0.25, 0.3) is 0 Å². The first-order valence-corrected chi connectivity index (χ1v) is 6.59. The first-order valence-electron chi connectivity index (χ1n) is 6.59. The van der Waals surface area contributed by atoms with E-state index in [0.29, 0.717) is 6.61 Å². The summed E-state index contributed by atoms with van der Waals surface area (Å²) in [5.41, 5.74) is 3.22. The van der Waals surface area contributed by atoms with Crippen LogP contribution in [0.5, 0.6) is 5.75 Å². The van der Waals surface area contributed by atoms with Crippen molar-refractivity contribution < 1.29 is 4.74 Å². The van der Waals surface area contributed by atoms with Crippen molar-refractivity contribution in [2.24, 2.45) is 0 Å².